The Kier molecular flexibility index (Phi) is 5.89. The van der Waals surface area contributed by atoms with Crippen LogP contribution in [0.15, 0.2) is 29.2 Å². The van der Waals surface area contributed by atoms with Gasteiger partial charge in [0, 0.05) is 9.92 Å². The lowest BCUT2D eigenvalue weighted by atomic mass is 9.87. The van der Waals surface area contributed by atoms with Crippen molar-refractivity contribution < 1.29 is 14.7 Å². The Morgan fingerprint density at radius 1 is 1.30 bits per heavy atom. The first-order valence-electron chi connectivity index (χ1n) is 6.10. The molecule has 0 saturated carbocycles. The van der Waals surface area contributed by atoms with Crippen molar-refractivity contribution in [2.75, 3.05) is 5.75 Å². The number of halogens is 1. The van der Waals surface area contributed by atoms with E-state index in [4.69, 9.17) is 16.7 Å². The Morgan fingerprint density at radius 3 is 2.30 bits per heavy atom. The summed E-state index contributed by atoms with van der Waals surface area (Å²) in [5, 5.41) is 12.3. The number of carbonyl (C=O) groups excluding carboxylic acids is 1. The highest BCUT2D eigenvalue weighted by molar-refractivity contribution is 8.00. The van der Waals surface area contributed by atoms with E-state index in [1.165, 1.54) is 11.8 Å². The number of rotatable bonds is 5. The summed E-state index contributed by atoms with van der Waals surface area (Å²) in [5.74, 6) is -1.16. The molecule has 1 amide bonds. The summed E-state index contributed by atoms with van der Waals surface area (Å²) in [4.78, 5) is 23.9. The Hall–Kier alpha value is -1.20. The second-order valence-electron chi connectivity index (χ2n) is 5.45. The van der Waals surface area contributed by atoms with Crippen molar-refractivity contribution in [3.8, 4) is 0 Å². The van der Waals surface area contributed by atoms with E-state index in [0.717, 1.165) is 4.90 Å². The molecule has 0 saturated heterocycles. The number of aliphatic carboxylic acids is 1. The first kappa shape index (κ1) is 16.9. The van der Waals surface area contributed by atoms with Crippen LogP contribution < -0.4 is 5.32 Å². The van der Waals surface area contributed by atoms with Crippen LogP contribution in [-0.2, 0) is 9.59 Å². The predicted octanol–water partition coefficient (Wildman–Crippen LogP) is 3.05. The van der Waals surface area contributed by atoms with Gasteiger partial charge in [0.15, 0.2) is 0 Å². The average molecular weight is 316 g/mol. The zero-order chi connectivity index (χ0) is 15.3. The summed E-state index contributed by atoms with van der Waals surface area (Å²) < 4.78 is 0. The van der Waals surface area contributed by atoms with Crippen LogP contribution in [0.25, 0.3) is 0 Å². The minimum atomic E-state index is -1.03. The summed E-state index contributed by atoms with van der Waals surface area (Å²) in [6.45, 7) is 5.33. The van der Waals surface area contributed by atoms with Gasteiger partial charge in [-0.1, -0.05) is 32.4 Å². The number of carboxylic acid groups (broad SMARTS) is 1. The molecule has 0 unspecified atom stereocenters. The van der Waals surface area contributed by atoms with Crippen molar-refractivity contribution in [1.29, 1.82) is 0 Å². The topological polar surface area (TPSA) is 66.4 Å². The summed E-state index contributed by atoms with van der Waals surface area (Å²) in [6, 6.07) is 6.23. The van der Waals surface area contributed by atoms with E-state index in [0.29, 0.717) is 5.02 Å². The van der Waals surface area contributed by atoms with Crippen molar-refractivity contribution in [3.05, 3.63) is 29.3 Å². The second-order valence-corrected chi connectivity index (χ2v) is 6.93. The Balaban J connectivity index is 2.54. The van der Waals surface area contributed by atoms with Crippen molar-refractivity contribution in [3.63, 3.8) is 0 Å². The minimum absolute atomic E-state index is 0.168. The van der Waals surface area contributed by atoms with Gasteiger partial charge in [-0.25, -0.2) is 4.79 Å². The summed E-state index contributed by atoms with van der Waals surface area (Å²) >= 11 is 7.11. The van der Waals surface area contributed by atoms with Gasteiger partial charge in [-0.05, 0) is 29.7 Å². The van der Waals surface area contributed by atoms with Crippen LogP contribution in [0.4, 0.5) is 0 Å². The molecule has 0 aliphatic rings. The van der Waals surface area contributed by atoms with Gasteiger partial charge in [0.05, 0.1) is 5.75 Å². The van der Waals surface area contributed by atoms with Gasteiger partial charge in [0.25, 0.3) is 0 Å². The average Bonchev–Trinajstić information content (AvgIpc) is 2.33. The smallest absolute Gasteiger partial charge is 0.326 e. The molecule has 0 radical (unpaired) electrons. The molecule has 2 N–H and O–H groups in total. The van der Waals surface area contributed by atoms with Crippen molar-refractivity contribution in [2.24, 2.45) is 5.41 Å². The molecule has 0 fully saturated rings. The Morgan fingerprint density at radius 2 is 1.85 bits per heavy atom. The van der Waals surface area contributed by atoms with Crippen molar-refractivity contribution in [2.45, 2.75) is 31.7 Å². The fourth-order valence-electron chi connectivity index (χ4n) is 1.53. The highest BCUT2D eigenvalue weighted by atomic mass is 35.5. The third-order valence-electron chi connectivity index (χ3n) is 2.60. The van der Waals surface area contributed by atoms with Gasteiger partial charge in [-0.2, -0.15) is 0 Å². The SMILES string of the molecule is CC(C)(C)[C@@H](NC(=O)CSc1ccc(Cl)cc1)C(=O)O. The molecule has 1 atom stereocenters. The molecule has 4 nitrogen and oxygen atoms in total. The molecule has 1 aromatic carbocycles. The minimum Gasteiger partial charge on any atom is -0.480 e. The highest BCUT2D eigenvalue weighted by Gasteiger charge is 2.32. The fraction of sp³-hybridized carbons (Fsp3) is 0.429. The predicted molar refractivity (Wildman–Crippen MR) is 81.2 cm³/mol. The maximum Gasteiger partial charge on any atom is 0.326 e. The van der Waals surface area contributed by atoms with Gasteiger partial charge in [0.1, 0.15) is 6.04 Å². The van der Waals surface area contributed by atoms with Crippen LogP contribution in [0.2, 0.25) is 5.02 Å². The quantitative estimate of drug-likeness (QED) is 0.820. The van der Waals surface area contributed by atoms with Crippen LogP contribution in [-0.4, -0.2) is 28.8 Å². The van der Waals surface area contributed by atoms with Gasteiger partial charge >= 0.3 is 5.97 Å². The molecule has 0 bridgehead atoms. The first-order chi connectivity index (χ1) is 9.20. The normalized spacial score (nSPS) is 12.8. The molecule has 0 spiro atoms. The number of hydrogen-bond donors (Lipinski definition) is 2. The van der Waals surface area contributed by atoms with Crippen LogP contribution in [0.1, 0.15) is 20.8 Å². The van der Waals surface area contributed by atoms with E-state index in [2.05, 4.69) is 5.32 Å². The molecular formula is C14H18ClNO3S. The van der Waals surface area contributed by atoms with E-state index >= 15 is 0 Å². The van der Waals surface area contributed by atoms with E-state index < -0.39 is 17.4 Å². The van der Waals surface area contributed by atoms with Crippen LogP contribution >= 0.6 is 23.4 Å². The fourth-order valence-corrected chi connectivity index (χ4v) is 2.37. The molecule has 6 heteroatoms. The molecule has 1 rings (SSSR count). The van der Waals surface area contributed by atoms with Gasteiger partial charge in [0.2, 0.25) is 5.91 Å². The molecule has 0 aliphatic heterocycles. The summed E-state index contributed by atoms with van der Waals surface area (Å²) in [7, 11) is 0. The van der Waals surface area contributed by atoms with Gasteiger partial charge in [-0.15, -0.1) is 11.8 Å². The number of carboxylic acids is 1. The van der Waals surface area contributed by atoms with Gasteiger partial charge < -0.3 is 10.4 Å². The molecule has 1 aromatic rings. The maximum atomic E-state index is 11.8. The first-order valence-corrected chi connectivity index (χ1v) is 7.47. The van der Waals surface area contributed by atoms with E-state index in [9.17, 15) is 9.59 Å². The highest BCUT2D eigenvalue weighted by Crippen LogP contribution is 2.22. The number of carbonyl (C=O) groups is 2. The second kappa shape index (κ2) is 6.99. The largest absolute Gasteiger partial charge is 0.480 e. The monoisotopic (exact) mass is 315 g/mol. The lowest BCUT2D eigenvalue weighted by molar-refractivity contribution is -0.144. The molecule has 20 heavy (non-hydrogen) atoms. The Bertz CT molecular complexity index is 482. The number of benzene rings is 1. The third kappa shape index (κ3) is 5.43. The summed E-state index contributed by atoms with van der Waals surface area (Å²) in [5.41, 5.74) is -0.535. The molecule has 0 heterocycles. The number of hydrogen-bond acceptors (Lipinski definition) is 3. The van der Waals surface area contributed by atoms with Gasteiger partial charge in [-0.3, -0.25) is 4.79 Å². The zero-order valence-corrected chi connectivity index (χ0v) is 13.2. The van der Waals surface area contributed by atoms with Crippen LogP contribution in [0.5, 0.6) is 0 Å². The van der Waals surface area contributed by atoms with Crippen LogP contribution in [0.3, 0.4) is 0 Å². The van der Waals surface area contributed by atoms with Crippen LogP contribution in [0, 0.1) is 5.41 Å². The summed E-state index contributed by atoms with van der Waals surface area (Å²) in [6.07, 6.45) is 0. The Labute approximate surface area is 127 Å². The number of thioether (sulfide) groups is 1. The lowest BCUT2D eigenvalue weighted by Crippen LogP contribution is -2.49. The maximum absolute atomic E-state index is 11.8. The van der Waals surface area contributed by atoms with Crippen molar-refractivity contribution >= 4 is 35.2 Å². The third-order valence-corrected chi connectivity index (χ3v) is 3.87. The van der Waals surface area contributed by atoms with E-state index in [-0.39, 0.29) is 11.7 Å². The van der Waals surface area contributed by atoms with Crippen molar-refractivity contribution in [1.82, 2.24) is 5.32 Å². The number of amides is 1. The molecular weight excluding hydrogens is 298 g/mol. The zero-order valence-electron chi connectivity index (χ0n) is 11.6. The standard InChI is InChI=1S/C14H18ClNO3S/c1-14(2,3)12(13(18)19)16-11(17)8-20-10-6-4-9(15)5-7-10/h4-7,12H,8H2,1-3H3,(H,16,17)(H,18,19)/t12-/m0/s1. The number of nitrogens with one attached hydrogen (secondary N) is 1. The van der Waals surface area contributed by atoms with E-state index in [1.54, 1.807) is 32.9 Å². The van der Waals surface area contributed by atoms with E-state index in [1.807, 2.05) is 12.1 Å². The lowest BCUT2D eigenvalue weighted by Gasteiger charge is -2.27. The molecule has 110 valence electrons. The molecule has 0 aromatic heterocycles. The molecule has 0 aliphatic carbocycles.